The minimum Gasteiger partial charge on any atom is -0.598 e. The molecule has 0 amide bonds. The van der Waals surface area contributed by atoms with Crippen LogP contribution in [0.5, 0.6) is 0 Å². The Morgan fingerprint density at radius 2 is 1.97 bits per heavy atom. The van der Waals surface area contributed by atoms with E-state index in [9.17, 15) is 27.0 Å². The van der Waals surface area contributed by atoms with Gasteiger partial charge in [0.05, 0.1) is 11.8 Å². The lowest BCUT2D eigenvalue weighted by molar-refractivity contribution is 0.298. The van der Waals surface area contributed by atoms with E-state index in [4.69, 9.17) is 0 Å². The molecular weight excluding hydrogens is 486 g/mol. The zero-order valence-electron chi connectivity index (χ0n) is 16.8. The van der Waals surface area contributed by atoms with Gasteiger partial charge in [0, 0.05) is 21.4 Å². The van der Waals surface area contributed by atoms with Gasteiger partial charge in [-0.2, -0.15) is 5.26 Å². The van der Waals surface area contributed by atoms with Gasteiger partial charge in [0.25, 0.3) is 0 Å². The van der Waals surface area contributed by atoms with E-state index >= 15 is 0 Å². The third-order valence-corrected chi connectivity index (χ3v) is 9.09. The Morgan fingerprint density at radius 1 is 1.38 bits per heavy atom. The van der Waals surface area contributed by atoms with Gasteiger partial charge >= 0.3 is 0 Å². The molecule has 0 saturated carbocycles. The summed E-state index contributed by atoms with van der Waals surface area (Å²) in [4.78, 5) is 0. The first-order valence-corrected chi connectivity index (χ1v) is 12.2. The van der Waals surface area contributed by atoms with E-state index in [1.54, 1.807) is 26.8 Å². The number of allylic oxidation sites excluding steroid dienone is 1. The second kappa shape index (κ2) is 9.43. The van der Waals surface area contributed by atoms with Crippen molar-refractivity contribution in [1.82, 2.24) is 4.72 Å². The monoisotopic (exact) mass is 510 g/mol. The SMILES string of the molecule is C=CC[C@@](C)(C#N)S(=O)(=O)C[C@@](CF)(N[S+]([O-])C(C)(C)C)c1cc(Br)ccc1F. The summed E-state index contributed by atoms with van der Waals surface area (Å²) in [6.07, 6.45) is 1.08. The van der Waals surface area contributed by atoms with Crippen molar-refractivity contribution in [3.8, 4) is 6.07 Å². The Balaban J connectivity index is 3.70. The van der Waals surface area contributed by atoms with Gasteiger partial charge in [0.1, 0.15) is 22.8 Å². The first-order chi connectivity index (χ1) is 13.2. The molecule has 5 nitrogen and oxygen atoms in total. The van der Waals surface area contributed by atoms with Crippen LogP contribution in [0.1, 0.15) is 39.7 Å². The number of nitriles is 1. The van der Waals surface area contributed by atoms with Gasteiger partial charge in [-0.3, -0.25) is 0 Å². The van der Waals surface area contributed by atoms with E-state index in [0.717, 1.165) is 6.07 Å². The number of benzene rings is 1. The lowest BCUT2D eigenvalue weighted by Crippen LogP contribution is -2.58. The fourth-order valence-electron chi connectivity index (χ4n) is 2.50. The first-order valence-electron chi connectivity index (χ1n) is 8.64. The molecule has 1 aromatic carbocycles. The van der Waals surface area contributed by atoms with Crippen LogP contribution < -0.4 is 4.72 Å². The second-order valence-electron chi connectivity index (χ2n) is 7.92. The lowest BCUT2D eigenvalue weighted by Gasteiger charge is -2.37. The van der Waals surface area contributed by atoms with Crippen molar-refractivity contribution in [3.63, 3.8) is 0 Å². The molecule has 3 atom stereocenters. The van der Waals surface area contributed by atoms with E-state index < -0.39 is 54.5 Å². The number of rotatable bonds is 9. The number of halogens is 3. The largest absolute Gasteiger partial charge is 0.598 e. The molecular formula is C19H25BrF2N2O3S2. The van der Waals surface area contributed by atoms with Crippen molar-refractivity contribution in [2.24, 2.45) is 0 Å². The summed E-state index contributed by atoms with van der Waals surface area (Å²) in [5.74, 6) is -1.83. The van der Waals surface area contributed by atoms with E-state index in [1.165, 1.54) is 25.1 Å². The molecule has 1 aromatic rings. The smallest absolute Gasteiger partial charge is 0.171 e. The number of sulfone groups is 1. The Kier molecular flexibility index (Phi) is 8.47. The predicted octanol–water partition coefficient (Wildman–Crippen LogP) is 4.08. The molecule has 0 heterocycles. The molecule has 1 unspecified atom stereocenters. The highest BCUT2D eigenvalue weighted by Gasteiger charge is 2.50. The summed E-state index contributed by atoms with van der Waals surface area (Å²) in [6, 6.07) is 5.43. The van der Waals surface area contributed by atoms with E-state index in [1.807, 2.05) is 0 Å². The molecule has 0 saturated heterocycles. The maximum atomic E-state index is 14.7. The number of nitrogens with one attached hydrogen (secondary N) is 1. The minimum atomic E-state index is -4.32. The number of hydrogen-bond acceptors (Lipinski definition) is 5. The average molecular weight is 511 g/mol. The van der Waals surface area contributed by atoms with Crippen molar-refractivity contribution < 1.29 is 21.8 Å². The summed E-state index contributed by atoms with van der Waals surface area (Å²) >= 11 is 1.24. The molecule has 0 bridgehead atoms. The summed E-state index contributed by atoms with van der Waals surface area (Å²) in [5, 5.41) is 9.47. The molecule has 1 rings (SSSR count). The van der Waals surface area contributed by atoms with Crippen LogP contribution in [0, 0.1) is 17.1 Å². The van der Waals surface area contributed by atoms with Crippen LogP contribution >= 0.6 is 15.9 Å². The van der Waals surface area contributed by atoms with Crippen molar-refractivity contribution in [2.75, 3.05) is 12.4 Å². The number of hydrogen-bond donors (Lipinski definition) is 1. The van der Waals surface area contributed by atoms with Gasteiger partial charge in [-0.1, -0.05) is 22.0 Å². The average Bonchev–Trinajstić information content (AvgIpc) is 2.61. The van der Waals surface area contributed by atoms with Crippen molar-refractivity contribution in [2.45, 2.75) is 49.1 Å². The topological polar surface area (TPSA) is 93.0 Å². The first kappa shape index (κ1) is 26.0. The minimum absolute atomic E-state index is 0.197. The highest BCUT2D eigenvalue weighted by molar-refractivity contribution is 9.10. The molecule has 0 spiro atoms. The predicted molar refractivity (Wildman–Crippen MR) is 115 cm³/mol. The fraction of sp³-hybridized carbons (Fsp3) is 0.526. The maximum Gasteiger partial charge on any atom is 0.171 e. The molecule has 0 radical (unpaired) electrons. The van der Waals surface area contributed by atoms with Crippen LogP contribution in [0.15, 0.2) is 35.3 Å². The van der Waals surface area contributed by atoms with Crippen LogP contribution in [0.25, 0.3) is 0 Å². The van der Waals surface area contributed by atoms with Crippen molar-refractivity contribution in [3.05, 3.63) is 46.7 Å². The zero-order valence-corrected chi connectivity index (χ0v) is 20.0. The molecule has 162 valence electrons. The molecule has 0 aliphatic rings. The van der Waals surface area contributed by atoms with E-state index in [0.29, 0.717) is 4.47 Å². The standard InChI is InChI=1S/C19H25BrF2N2O3S2/c1-6-9-18(5,12-23)29(26,27)13-19(11-21,24-28(25)17(2,3)4)15-10-14(20)7-8-16(15)22/h6-8,10,24H,1,9,11,13H2,2-5H3/t18-,19+,28?/m0/s1. The van der Waals surface area contributed by atoms with E-state index in [-0.39, 0.29) is 12.0 Å². The fourth-order valence-corrected chi connectivity index (χ4v) is 5.63. The molecule has 29 heavy (non-hydrogen) atoms. The van der Waals surface area contributed by atoms with Gasteiger partial charge < -0.3 is 4.55 Å². The Morgan fingerprint density at radius 3 is 2.41 bits per heavy atom. The summed E-state index contributed by atoms with van der Waals surface area (Å²) in [5.41, 5.74) is -2.46. The van der Waals surface area contributed by atoms with E-state index in [2.05, 4.69) is 27.2 Å². The van der Waals surface area contributed by atoms with Crippen LogP contribution in [0.3, 0.4) is 0 Å². The highest BCUT2D eigenvalue weighted by Crippen LogP contribution is 2.35. The summed E-state index contributed by atoms with van der Waals surface area (Å²) < 4.78 is 68.4. The summed E-state index contributed by atoms with van der Waals surface area (Å²) in [6.45, 7) is 8.14. The van der Waals surface area contributed by atoms with Gasteiger partial charge in [-0.25, -0.2) is 17.2 Å². The molecule has 0 aliphatic carbocycles. The number of alkyl halides is 1. The Labute approximate surface area is 182 Å². The Hall–Kier alpha value is -0.990. The molecule has 0 fully saturated rings. The zero-order chi connectivity index (χ0) is 22.7. The Bertz CT molecular complexity index is 900. The van der Waals surface area contributed by atoms with Gasteiger partial charge in [0.15, 0.2) is 14.6 Å². The van der Waals surface area contributed by atoms with Gasteiger partial charge in [-0.15, -0.1) is 11.3 Å². The van der Waals surface area contributed by atoms with Crippen LogP contribution in [-0.2, 0) is 26.7 Å². The van der Waals surface area contributed by atoms with Gasteiger partial charge in [-0.05, 0) is 52.3 Å². The molecule has 10 heteroatoms. The highest BCUT2D eigenvalue weighted by atomic mass is 79.9. The van der Waals surface area contributed by atoms with Crippen LogP contribution in [-0.4, -0.2) is 34.9 Å². The normalized spacial score (nSPS) is 17.6. The molecule has 0 aromatic heterocycles. The van der Waals surface area contributed by atoms with Crippen molar-refractivity contribution in [1.29, 1.82) is 5.26 Å². The van der Waals surface area contributed by atoms with Crippen LogP contribution in [0.2, 0.25) is 0 Å². The quantitative estimate of drug-likeness (QED) is 0.399. The third kappa shape index (κ3) is 5.79. The maximum absolute atomic E-state index is 14.7. The van der Waals surface area contributed by atoms with Crippen LogP contribution in [0.4, 0.5) is 8.78 Å². The lowest BCUT2D eigenvalue weighted by atomic mass is 9.94. The third-order valence-electron chi connectivity index (χ3n) is 4.41. The summed E-state index contributed by atoms with van der Waals surface area (Å²) in [7, 11) is -4.32. The second-order valence-corrected chi connectivity index (χ2v) is 13.2. The van der Waals surface area contributed by atoms with Crippen molar-refractivity contribution >= 4 is 37.1 Å². The number of nitrogens with zero attached hydrogens (tertiary/aromatic N) is 1. The molecule has 1 N–H and O–H groups in total. The van der Waals surface area contributed by atoms with Gasteiger partial charge in [0.2, 0.25) is 0 Å². The molecule has 0 aliphatic heterocycles.